The van der Waals surface area contributed by atoms with E-state index in [2.05, 4.69) is 40.7 Å². The van der Waals surface area contributed by atoms with Gasteiger partial charge in [-0.25, -0.2) is 4.98 Å². The van der Waals surface area contributed by atoms with Gasteiger partial charge in [-0.1, -0.05) is 30.3 Å². The number of pyridine rings is 1. The Labute approximate surface area is 169 Å². The molecule has 0 radical (unpaired) electrons. The van der Waals surface area contributed by atoms with E-state index in [0.29, 0.717) is 0 Å². The number of aromatic nitrogens is 4. The fourth-order valence-electron chi connectivity index (χ4n) is 3.55. The fourth-order valence-corrected chi connectivity index (χ4v) is 4.51. The highest BCUT2D eigenvalue weighted by Crippen LogP contribution is 2.38. The van der Waals surface area contributed by atoms with Gasteiger partial charge in [-0.15, -0.1) is 21.5 Å². The molecule has 6 heteroatoms. The molecular weight excluding hydrogens is 380 g/mol. The van der Waals surface area contributed by atoms with Crippen molar-refractivity contribution in [3.8, 4) is 32.4 Å². The molecule has 0 N–H and O–H groups in total. The van der Waals surface area contributed by atoms with Crippen LogP contribution in [0.15, 0.2) is 90.0 Å². The second kappa shape index (κ2) is 6.39. The zero-order valence-corrected chi connectivity index (χ0v) is 16.0. The summed E-state index contributed by atoms with van der Waals surface area (Å²) >= 11 is 1.68. The third-order valence-electron chi connectivity index (χ3n) is 4.94. The Kier molecular flexibility index (Phi) is 3.57. The molecule has 0 unspecified atom stereocenters. The van der Waals surface area contributed by atoms with Crippen LogP contribution >= 0.6 is 11.3 Å². The van der Waals surface area contributed by atoms with Crippen LogP contribution in [0.1, 0.15) is 0 Å². The molecule has 0 saturated carbocycles. The standard InChI is InChI=1S/C23H14N4OS/c1-2-6-17-16(5-1)22(15-10-12-28-14-15)25-26-23(17)20-9-8-19(29-20)18-13-27-11-4-3-7-21(27)24-18/h1-14H. The van der Waals surface area contributed by atoms with Crippen LogP contribution in [0.3, 0.4) is 0 Å². The van der Waals surface area contributed by atoms with E-state index in [9.17, 15) is 0 Å². The number of imidazole rings is 1. The first-order valence-corrected chi connectivity index (χ1v) is 10.0. The van der Waals surface area contributed by atoms with Gasteiger partial charge in [0, 0.05) is 28.7 Å². The number of rotatable bonds is 3. The van der Waals surface area contributed by atoms with Crippen molar-refractivity contribution in [1.29, 1.82) is 0 Å². The minimum Gasteiger partial charge on any atom is -0.472 e. The third-order valence-corrected chi connectivity index (χ3v) is 6.05. The van der Waals surface area contributed by atoms with Gasteiger partial charge in [0.05, 0.1) is 28.0 Å². The second-order valence-electron chi connectivity index (χ2n) is 6.71. The quantitative estimate of drug-likeness (QED) is 0.373. The molecule has 0 aliphatic carbocycles. The zero-order chi connectivity index (χ0) is 19.2. The number of thiophene rings is 1. The number of hydrogen-bond donors (Lipinski definition) is 0. The van der Waals surface area contributed by atoms with E-state index < -0.39 is 0 Å². The lowest BCUT2D eigenvalue weighted by atomic mass is 10.0. The summed E-state index contributed by atoms with van der Waals surface area (Å²) in [5, 5.41) is 11.2. The maximum Gasteiger partial charge on any atom is 0.137 e. The summed E-state index contributed by atoms with van der Waals surface area (Å²) in [6.45, 7) is 0. The Balaban J connectivity index is 1.49. The summed E-state index contributed by atoms with van der Waals surface area (Å²) < 4.78 is 7.27. The fraction of sp³-hybridized carbons (Fsp3) is 0. The van der Waals surface area contributed by atoms with Crippen LogP contribution < -0.4 is 0 Å². The zero-order valence-electron chi connectivity index (χ0n) is 15.2. The highest BCUT2D eigenvalue weighted by molar-refractivity contribution is 7.18. The van der Waals surface area contributed by atoms with E-state index in [1.54, 1.807) is 23.9 Å². The highest BCUT2D eigenvalue weighted by Gasteiger charge is 2.15. The minimum atomic E-state index is 0.829. The first kappa shape index (κ1) is 16.2. The molecule has 0 bridgehead atoms. The number of benzene rings is 1. The van der Waals surface area contributed by atoms with E-state index in [1.807, 2.05) is 47.0 Å². The van der Waals surface area contributed by atoms with E-state index in [0.717, 1.165) is 48.8 Å². The summed E-state index contributed by atoms with van der Waals surface area (Å²) in [6, 6.07) is 20.3. The molecule has 6 aromatic rings. The molecule has 0 aliphatic rings. The molecule has 0 fully saturated rings. The van der Waals surface area contributed by atoms with Crippen molar-refractivity contribution in [1.82, 2.24) is 19.6 Å². The van der Waals surface area contributed by atoms with E-state index in [4.69, 9.17) is 9.40 Å². The van der Waals surface area contributed by atoms with Crippen molar-refractivity contribution in [3.63, 3.8) is 0 Å². The monoisotopic (exact) mass is 394 g/mol. The van der Waals surface area contributed by atoms with Crippen molar-refractivity contribution < 1.29 is 4.42 Å². The van der Waals surface area contributed by atoms with Gasteiger partial charge >= 0.3 is 0 Å². The smallest absolute Gasteiger partial charge is 0.137 e. The number of fused-ring (bicyclic) bond motifs is 2. The summed E-state index contributed by atoms with van der Waals surface area (Å²) in [4.78, 5) is 6.90. The summed E-state index contributed by atoms with van der Waals surface area (Å²) in [6.07, 6.45) is 7.41. The Morgan fingerprint density at radius 1 is 0.793 bits per heavy atom. The Morgan fingerprint density at radius 2 is 1.59 bits per heavy atom. The highest BCUT2D eigenvalue weighted by atomic mass is 32.1. The van der Waals surface area contributed by atoms with E-state index >= 15 is 0 Å². The number of furan rings is 1. The maximum absolute atomic E-state index is 5.24. The van der Waals surface area contributed by atoms with Crippen LogP contribution in [0, 0.1) is 0 Å². The van der Waals surface area contributed by atoms with Gasteiger partial charge in [-0.05, 0) is 30.3 Å². The van der Waals surface area contributed by atoms with Gasteiger partial charge < -0.3 is 8.82 Å². The van der Waals surface area contributed by atoms with Crippen molar-refractivity contribution in [2.75, 3.05) is 0 Å². The van der Waals surface area contributed by atoms with Crippen molar-refractivity contribution in [2.45, 2.75) is 0 Å². The van der Waals surface area contributed by atoms with E-state index in [-0.39, 0.29) is 0 Å². The average Bonchev–Trinajstić information content (AvgIpc) is 3.53. The maximum atomic E-state index is 5.24. The molecule has 0 saturated heterocycles. The molecular formula is C23H14N4OS. The Morgan fingerprint density at radius 3 is 2.41 bits per heavy atom. The Hall–Kier alpha value is -3.77. The molecule has 29 heavy (non-hydrogen) atoms. The molecule has 0 atom stereocenters. The lowest BCUT2D eigenvalue weighted by Crippen LogP contribution is -1.92. The number of nitrogens with zero attached hydrogens (tertiary/aromatic N) is 4. The van der Waals surface area contributed by atoms with Gasteiger partial charge in [-0.2, -0.15) is 0 Å². The molecule has 5 nitrogen and oxygen atoms in total. The molecule has 6 rings (SSSR count). The van der Waals surface area contributed by atoms with Gasteiger partial charge in [-0.3, -0.25) is 0 Å². The van der Waals surface area contributed by atoms with Gasteiger partial charge in [0.25, 0.3) is 0 Å². The third kappa shape index (κ3) is 2.65. The topological polar surface area (TPSA) is 56.2 Å². The lowest BCUT2D eigenvalue weighted by molar-refractivity contribution is 0.568. The first-order chi connectivity index (χ1) is 14.4. The van der Waals surface area contributed by atoms with Gasteiger partial charge in [0.2, 0.25) is 0 Å². The van der Waals surface area contributed by atoms with Crippen LogP contribution in [0.4, 0.5) is 0 Å². The molecule has 5 aromatic heterocycles. The largest absolute Gasteiger partial charge is 0.472 e. The SMILES string of the molecule is c1ccc2c(-c3ccc(-c4cn5ccccc5n4)s3)nnc(-c3ccoc3)c2c1. The summed E-state index contributed by atoms with van der Waals surface area (Å²) in [7, 11) is 0. The predicted molar refractivity (Wildman–Crippen MR) is 115 cm³/mol. The van der Waals surface area contributed by atoms with Crippen molar-refractivity contribution in [3.05, 3.63) is 85.6 Å². The first-order valence-electron chi connectivity index (χ1n) is 9.19. The molecule has 138 valence electrons. The molecule has 1 aromatic carbocycles. The Bertz CT molecular complexity index is 1430. The molecule has 5 heterocycles. The van der Waals surface area contributed by atoms with Crippen molar-refractivity contribution in [2.24, 2.45) is 0 Å². The second-order valence-corrected chi connectivity index (χ2v) is 7.79. The summed E-state index contributed by atoms with van der Waals surface area (Å²) in [5.41, 5.74) is 4.53. The predicted octanol–water partition coefficient (Wildman–Crippen LogP) is 5.93. The summed E-state index contributed by atoms with van der Waals surface area (Å²) in [5.74, 6) is 0. The van der Waals surface area contributed by atoms with Crippen LogP contribution in [0.25, 0.3) is 48.8 Å². The normalized spacial score (nSPS) is 11.4. The van der Waals surface area contributed by atoms with Crippen LogP contribution in [-0.4, -0.2) is 19.6 Å². The molecule has 0 aliphatic heterocycles. The molecule has 0 amide bonds. The van der Waals surface area contributed by atoms with Crippen LogP contribution in [-0.2, 0) is 0 Å². The average molecular weight is 394 g/mol. The van der Waals surface area contributed by atoms with E-state index in [1.165, 1.54) is 0 Å². The lowest BCUT2D eigenvalue weighted by Gasteiger charge is -2.06. The number of hydrogen-bond acceptors (Lipinski definition) is 5. The van der Waals surface area contributed by atoms with Gasteiger partial charge in [0.15, 0.2) is 0 Å². The van der Waals surface area contributed by atoms with Crippen LogP contribution in [0.2, 0.25) is 0 Å². The van der Waals surface area contributed by atoms with Crippen LogP contribution in [0.5, 0.6) is 0 Å². The van der Waals surface area contributed by atoms with Crippen molar-refractivity contribution >= 4 is 27.8 Å². The minimum absolute atomic E-state index is 0.829. The molecule has 0 spiro atoms. The van der Waals surface area contributed by atoms with Gasteiger partial charge in [0.1, 0.15) is 17.0 Å².